The molecule has 1 rings (SSSR count). The molecule has 0 bridgehead atoms. The SMILES string of the molecule is CCCNc1ncnc(NC(C)C(=O)NC)c1C. The van der Waals surface area contributed by atoms with Crippen molar-refractivity contribution in [2.45, 2.75) is 33.2 Å². The first kappa shape index (κ1) is 14.2. The van der Waals surface area contributed by atoms with Crippen molar-refractivity contribution >= 4 is 17.5 Å². The molecule has 3 N–H and O–H groups in total. The Morgan fingerprint density at radius 2 is 2.06 bits per heavy atom. The molecule has 0 aliphatic heterocycles. The fourth-order valence-electron chi connectivity index (χ4n) is 1.50. The zero-order valence-electron chi connectivity index (χ0n) is 11.4. The number of likely N-dealkylation sites (N-methyl/N-ethyl adjacent to an activating group) is 1. The van der Waals surface area contributed by atoms with E-state index in [0.717, 1.165) is 24.3 Å². The molecule has 1 heterocycles. The Kier molecular flexibility index (Phi) is 5.35. The van der Waals surface area contributed by atoms with Crippen LogP contribution in [0.1, 0.15) is 25.8 Å². The highest BCUT2D eigenvalue weighted by molar-refractivity contribution is 5.84. The maximum absolute atomic E-state index is 11.5. The number of anilines is 2. The molecule has 100 valence electrons. The molecule has 1 atom stereocenters. The first-order valence-electron chi connectivity index (χ1n) is 6.13. The number of rotatable bonds is 6. The molecule has 1 aromatic rings. The number of nitrogens with zero attached hydrogens (tertiary/aromatic N) is 2. The van der Waals surface area contributed by atoms with E-state index in [1.165, 1.54) is 6.33 Å². The van der Waals surface area contributed by atoms with Crippen molar-refractivity contribution in [1.82, 2.24) is 15.3 Å². The molecule has 6 nitrogen and oxygen atoms in total. The summed E-state index contributed by atoms with van der Waals surface area (Å²) in [5.74, 6) is 1.41. The van der Waals surface area contributed by atoms with Crippen LogP contribution in [0.15, 0.2) is 6.33 Å². The maximum Gasteiger partial charge on any atom is 0.241 e. The van der Waals surface area contributed by atoms with Gasteiger partial charge in [-0.1, -0.05) is 6.92 Å². The summed E-state index contributed by atoms with van der Waals surface area (Å²) in [6.07, 6.45) is 2.52. The second kappa shape index (κ2) is 6.78. The number of amides is 1. The number of aromatic nitrogens is 2. The molecule has 6 heteroatoms. The molecular weight excluding hydrogens is 230 g/mol. The topological polar surface area (TPSA) is 78.9 Å². The van der Waals surface area contributed by atoms with Crippen LogP contribution in [-0.4, -0.2) is 35.5 Å². The van der Waals surface area contributed by atoms with Crippen LogP contribution >= 0.6 is 0 Å². The molecule has 1 unspecified atom stereocenters. The Balaban J connectivity index is 2.80. The molecule has 1 amide bonds. The molecule has 0 radical (unpaired) electrons. The first-order valence-corrected chi connectivity index (χ1v) is 6.13. The Hall–Kier alpha value is -1.85. The number of carbonyl (C=O) groups excluding carboxylic acids is 1. The minimum Gasteiger partial charge on any atom is -0.370 e. The molecular formula is C12H21N5O. The normalized spacial score (nSPS) is 11.8. The van der Waals surface area contributed by atoms with Crippen LogP contribution in [0.2, 0.25) is 0 Å². The summed E-state index contributed by atoms with van der Waals surface area (Å²) in [4.78, 5) is 19.8. The molecule has 0 saturated heterocycles. The monoisotopic (exact) mass is 251 g/mol. The maximum atomic E-state index is 11.5. The highest BCUT2D eigenvalue weighted by atomic mass is 16.2. The van der Waals surface area contributed by atoms with Crippen molar-refractivity contribution in [2.24, 2.45) is 0 Å². The number of carbonyl (C=O) groups is 1. The summed E-state index contributed by atoms with van der Waals surface area (Å²) < 4.78 is 0. The molecule has 0 aromatic carbocycles. The lowest BCUT2D eigenvalue weighted by Gasteiger charge is -2.16. The predicted molar refractivity (Wildman–Crippen MR) is 72.7 cm³/mol. The minimum atomic E-state index is -0.331. The smallest absolute Gasteiger partial charge is 0.241 e. The zero-order valence-corrected chi connectivity index (χ0v) is 11.4. The van der Waals surface area contributed by atoms with E-state index in [4.69, 9.17) is 0 Å². The van der Waals surface area contributed by atoms with Gasteiger partial charge in [-0.15, -0.1) is 0 Å². The number of hydrogen-bond acceptors (Lipinski definition) is 5. The van der Waals surface area contributed by atoms with Crippen LogP contribution in [0.3, 0.4) is 0 Å². The molecule has 18 heavy (non-hydrogen) atoms. The third-order valence-electron chi connectivity index (χ3n) is 2.62. The van der Waals surface area contributed by atoms with Gasteiger partial charge in [-0.25, -0.2) is 9.97 Å². The van der Waals surface area contributed by atoms with Gasteiger partial charge in [0.15, 0.2) is 0 Å². The van der Waals surface area contributed by atoms with Crippen LogP contribution in [0.4, 0.5) is 11.6 Å². The molecule has 0 saturated carbocycles. The molecule has 0 spiro atoms. The van der Waals surface area contributed by atoms with Crippen LogP contribution in [0, 0.1) is 6.92 Å². The van der Waals surface area contributed by atoms with Gasteiger partial charge in [0, 0.05) is 19.2 Å². The summed E-state index contributed by atoms with van der Waals surface area (Å²) in [5, 5.41) is 8.90. The van der Waals surface area contributed by atoms with E-state index in [1.807, 2.05) is 6.92 Å². The van der Waals surface area contributed by atoms with Gasteiger partial charge < -0.3 is 16.0 Å². The fraction of sp³-hybridized carbons (Fsp3) is 0.583. The van der Waals surface area contributed by atoms with Crippen molar-refractivity contribution in [3.05, 3.63) is 11.9 Å². The number of nitrogens with one attached hydrogen (secondary N) is 3. The lowest BCUT2D eigenvalue weighted by molar-refractivity contribution is -0.121. The summed E-state index contributed by atoms with van der Waals surface area (Å²) in [5.41, 5.74) is 0.918. The van der Waals surface area contributed by atoms with Crippen molar-refractivity contribution in [3.8, 4) is 0 Å². The van der Waals surface area contributed by atoms with E-state index in [0.29, 0.717) is 5.82 Å². The minimum absolute atomic E-state index is 0.0731. The van der Waals surface area contributed by atoms with Crippen LogP contribution in [0.25, 0.3) is 0 Å². The van der Waals surface area contributed by atoms with Gasteiger partial charge in [-0.05, 0) is 20.3 Å². The van der Waals surface area contributed by atoms with Gasteiger partial charge in [0.05, 0.1) is 0 Å². The second-order valence-electron chi connectivity index (χ2n) is 4.10. The van der Waals surface area contributed by atoms with E-state index in [2.05, 4.69) is 32.8 Å². The Labute approximate surface area is 108 Å². The lowest BCUT2D eigenvalue weighted by atomic mass is 10.2. The van der Waals surface area contributed by atoms with Gasteiger partial charge in [0.25, 0.3) is 0 Å². The number of hydrogen-bond donors (Lipinski definition) is 3. The van der Waals surface area contributed by atoms with Gasteiger partial charge in [-0.2, -0.15) is 0 Å². The average Bonchev–Trinajstić information content (AvgIpc) is 2.38. The van der Waals surface area contributed by atoms with Crippen molar-refractivity contribution in [1.29, 1.82) is 0 Å². The van der Waals surface area contributed by atoms with Crippen molar-refractivity contribution in [2.75, 3.05) is 24.2 Å². The molecule has 0 aliphatic carbocycles. The third-order valence-corrected chi connectivity index (χ3v) is 2.62. The first-order chi connectivity index (χ1) is 8.60. The van der Waals surface area contributed by atoms with Crippen LogP contribution < -0.4 is 16.0 Å². The molecule has 0 aliphatic rings. The van der Waals surface area contributed by atoms with Crippen molar-refractivity contribution in [3.63, 3.8) is 0 Å². The highest BCUT2D eigenvalue weighted by Crippen LogP contribution is 2.18. The summed E-state index contributed by atoms with van der Waals surface area (Å²) in [6, 6.07) is -0.331. The Morgan fingerprint density at radius 1 is 1.39 bits per heavy atom. The van der Waals surface area contributed by atoms with Gasteiger partial charge >= 0.3 is 0 Å². The second-order valence-corrected chi connectivity index (χ2v) is 4.10. The van der Waals surface area contributed by atoms with E-state index in [9.17, 15) is 4.79 Å². The fourth-order valence-corrected chi connectivity index (χ4v) is 1.50. The van der Waals surface area contributed by atoms with Gasteiger partial charge in [0.2, 0.25) is 5.91 Å². The van der Waals surface area contributed by atoms with Crippen molar-refractivity contribution < 1.29 is 4.79 Å². The lowest BCUT2D eigenvalue weighted by Crippen LogP contribution is -2.35. The van der Waals surface area contributed by atoms with Crippen LogP contribution in [-0.2, 0) is 4.79 Å². The quantitative estimate of drug-likeness (QED) is 0.707. The van der Waals surface area contributed by atoms with E-state index in [1.54, 1.807) is 14.0 Å². The average molecular weight is 251 g/mol. The summed E-state index contributed by atoms with van der Waals surface area (Å²) in [6.45, 7) is 6.68. The summed E-state index contributed by atoms with van der Waals surface area (Å²) in [7, 11) is 1.61. The zero-order chi connectivity index (χ0) is 13.5. The Bertz CT molecular complexity index is 407. The standard InChI is InChI=1S/C12H21N5O/c1-5-6-14-10-8(2)11(16-7-15-10)17-9(3)12(18)13-4/h7,9H,5-6H2,1-4H3,(H,13,18)(H2,14,15,16,17). The van der Waals surface area contributed by atoms with Gasteiger partial charge in [-0.3, -0.25) is 4.79 Å². The van der Waals surface area contributed by atoms with Gasteiger partial charge in [0.1, 0.15) is 24.0 Å². The van der Waals surface area contributed by atoms with E-state index >= 15 is 0 Å². The highest BCUT2D eigenvalue weighted by Gasteiger charge is 2.14. The van der Waals surface area contributed by atoms with Crippen LogP contribution in [0.5, 0.6) is 0 Å². The predicted octanol–water partition coefficient (Wildman–Crippen LogP) is 1.15. The molecule has 1 aromatic heterocycles. The third kappa shape index (κ3) is 3.58. The largest absolute Gasteiger partial charge is 0.370 e. The van der Waals surface area contributed by atoms with E-state index in [-0.39, 0.29) is 11.9 Å². The summed E-state index contributed by atoms with van der Waals surface area (Å²) >= 11 is 0. The Morgan fingerprint density at radius 3 is 2.67 bits per heavy atom. The van der Waals surface area contributed by atoms with E-state index < -0.39 is 0 Å². The molecule has 0 fully saturated rings.